The SMILES string of the molecule is CCc1cc(N=CN(C)CC)c(C)cc1C(O)(c1ccc(C)cc1)C(C)(C)C. The molecule has 0 spiro atoms. The lowest BCUT2D eigenvalue weighted by Crippen LogP contribution is -2.42. The first kappa shape index (κ1) is 22.2. The van der Waals surface area contributed by atoms with Crippen LogP contribution in [-0.2, 0) is 12.0 Å². The standard InChI is InChI=1S/C25H36N2O/c1-9-20-16-23(26-17-27(8)10-2)19(4)15-22(20)25(28,24(5,6)7)21-13-11-18(3)12-14-21/h11-17,28H,9-10H2,1-8H3. The molecule has 0 fully saturated rings. The summed E-state index contributed by atoms with van der Waals surface area (Å²) in [5.41, 5.74) is 4.81. The van der Waals surface area contributed by atoms with E-state index in [9.17, 15) is 5.11 Å². The Labute approximate surface area is 171 Å². The van der Waals surface area contributed by atoms with Crippen molar-refractivity contribution in [1.82, 2.24) is 4.90 Å². The van der Waals surface area contributed by atoms with Crippen molar-refractivity contribution in [2.45, 2.75) is 60.5 Å². The van der Waals surface area contributed by atoms with Gasteiger partial charge in [-0.2, -0.15) is 0 Å². The van der Waals surface area contributed by atoms with Crippen molar-refractivity contribution in [3.63, 3.8) is 0 Å². The van der Waals surface area contributed by atoms with Crippen molar-refractivity contribution in [3.8, 4) is 0 Å². The molecule has 0 aromatic heterocycles. The highest BCUT2D eigenvalue weighted by Gasteiger charge is 2.44. The Hall–Kier alpha value is -2.13. The predicted octanol–water partition coefficient (Wildman–Crippen LogP) is 5.76. The van der Waals surface area contributed by atoms with Gasteiger partial charge in [0.1, 0.15) is 5.60 Å². The van der Waals surface area contributed by atoms with Crippen LogP contribution in [0.1, 0.15) is 62.4 Å². The molecule has 28 heavy (non-hydrogen) atoms. The summed E-state index contributed by atoms with van der Waals surface area (Å²) >= 11 is 0. The van der Waals surface area contributed by atoms with Crippen LogP contribution in [0.3, 0.4) is 0 Å². The lowest BCUT2D eigenvalue weighted by atomic mass is 9.66. The molecule has 1 N–H and O–H groups in total. The van der Waals surface area contributed by atoms with Crippen LogP contribution in [0.15, 0.2) is 41.4 Å². The Bertz CT molecular complexity index is 831. The molecule has 1 atom stereocenters. The van der Waals surface area contributed by atoms with Gasteiger partial charge >= 0.3 is 0 Å². The smallest absolute Gasteiger partial charge is 0.120 e. The number of aliphatic imine (C=N–C) groups is 1. The molecular weight excluding hydrogens is 344 g/mol. The maximum atomic E-state index is 12.1. The third-order valence-corrected chi connectivity index (χ3v) is 5.64. The first-order chi connectivity index (χ1) is 13.0. The zero-order chi connectivity index (χ0) is 21.1. The Balaban J connectivity index is 2.69. The Kier molecular flexibility index (Phi) is 6.71. The third-order valence-electron chi connectivity index (χ3n) is 5.64. The fourth-order valence-electron chi connectivity index (χ4n) is 3.54. The first-order valence-corrected chi connectivity index (χ1v) is 10.2. The van der Waals surface area contributed by atoms with Crippen LogP contribution < -0.4 is 0 Å². The van der Waals surface area contributed by atoms with Gasteiger partial charge in [-0.05, 0) is 60.9 Å². The van der Waals surface area contributed by atoms with Gasteiger partial charge in [0.05, 0.1) is 12.0 Å². The third kappa shape index (κ3) is 4.30. The molecule has 0 heterocycles. The molecule has 3 heteroatoms. The Morgan fingerprint density at radius 2 is 1.64 bits per heavy atom. The molecule has 0 aliphatic heterocycles. The summed E-state index contributed by atoms with van der Waals surface area (Å²) in [6.07, 6.45) is 2.71. The first-order valence-electron chi connectivity index (χ1n) is 10.2. The highest BCUT2D eigenvalue weighted by atomic mass is 16.3. The summed E-state index contributed by atoms with van der Waals surface area (Å²) in [5.74, 6) is 0. The molecule has 0 aliphatic carbocycles. The van der Waals surface area contributed by atoms with Gasteiger partial charge in [-0.25, -0.2) is 4.99 Å². The highest BCUT2D eigenvalue weighted by molar-refractivity contribution is 5.64. The van der Waals surface area contributed by atoms with Crippen molar-refractivity contribution < 1.29 is 5.11 Å². The van der Waals surface area contributed by atoms with E-state index in [1.165, 1.54) is 5.56 Å². The molecule has 2 aromatic carbocycles. The highest BCUT2D eigenvalue weighted by Crippen LogP contribution is 2.47. The summed E-state index contributed by atoms with van der Waals surface area (Å²) in [6.45, 7) is 15.6. The molecule has 0 saturated carbocycles. The topological polar surface area (TPSA) is 35.8 Å². The average Bonchev–Trinajstić information content (AvgIpc) is 2.65. The van der Waals surface area contributed by atoms with E-state index in [-0.39, 0.29) is 5.41 Å². The van der Waals surface area contributed by atoms with Gasteiger partial charge in [-0.15, -0.1) is 0 Å². The van der Waals surface area contributed by atoms with E-state index in [4.69, 9.17) is 0 Å². The molecule has 2 aromatic rings. The van der Waals surface area contributed by atoms with Gasteiger partial charge in [0, 0.05) is 13.6 Å². The van der Waals surface area contributed by atoms with E-state index in [0.29, 0.717) is 0 Å². The fourth-order valence-corrected chi connectivity index (χ4v) is 3.54. The van der Waals surface area contributed by atoms with Crippen LogP contribution in [-0.4, -0.2) is 29.9 Å². The van der Waals surface area contributed by atoms with Crippen LogP contribution in [0.2, 0.25) is 0 Å². The van der Waals surface area contributed by atoms with Gasteiger partial charge in [-0.1, -0.05) is 63.6 Å². The van der Waals surface area contributed by atoms with Crippen LogP contribution in [0.4, 0.5) is 5.69 Å². The average molecular weight is 381 g/mol. The van der Waals surface area contributed by atoms with Gasteiger partial charge in [0.15, 0.2) is 0 Å². The van der Waals surface area contributed by atoms with Crippen LogP contribution >= 0.6 is 0 Å². The molecular formula is C25H36N2O. The lowest BCUT2D eigenvalue weighted by molar-refractivity contribution is -0.0266. The largest absolute Gasteiger partial charge is 0.380 e. The van der Waals surface area contributed by atoms with Crippen molar-refractivity contribution in [3.05, 3.63) is 64.2 Å². The number of hydrogen-bond acceptors (Lipinski definition) is 2. The molecule has 0 aliphatic rings. The zero-order valence-electron chi connectivity index (χ0n) is 18.8. The van der Waals surface area contributed by atoms with Gasteiger partial charge in [0.25, 0.3) is 0 Å². The number of hydrogen-bond donors (Lipinski definition) is 1. The second-order valence-corrected chi connectivity index (χ2v) is 8.79. The quantitative estimate of drug-likeness (QED) is 0.511. The van der Waals surface area contributed by atoms with Crippen molar-refractivity contribution in [2.75, 3.05) is 13.6 Å². The number of nitrogens with zero attached hydrogens (tertiary/aromatic N) is 2. The van der Waals surface area contributed by atoms with Gasteiger partial charge < -0.3 is 10.0 Å². The maximum Gasteiger partial charge on any atom is 0.120 e. The van der Waals surface area contributed by atoms with Crippen LogP contribution in [0, 0.1) is 19.3 Å². The minimum atomic E-state index is -1.08. The van der Waals surface area contributed by atoms with Crippen molar-refractivity contribution in [1.29, 1.82) is 0 Å². The summed E-state index contributed by atoms with van der Waals surface area (Å²) < 4.78 is 0. The molecule has 0 amide bonds. The monoisotopic (exact) mass is 380 g/mol. The van der Waals surface area contributed by atoms with Crippen LogP contribution in [0.25, 0.3) is 0 Å². The van der Waals surface area contributed by atoms with Gasteiger partial charge in [0.2, 0.25) is 0 Å². The Morgan fingerprint density at radius 3 is 2.14 bits per heavy atom. The Morgan fingerprint density at radius 1 is 1.04 bits per heavy atom. The van der Waals surface area contributed by atoms with Crippen molar-refractivity contribution in [2.24, 2.45) is 10.4 Å². The zero-order valence-corrected chi connectivity index (χ0v) is 18.8. The number of rotatable bonds is 6. The molecule has 0 radical (unpaired) electrons. The number of aryl methyl sites for hydroxylation is 3. The van der Waals surface area contributed by atoms with E-state index in [1.807, 2.05) is 13.4 Å². The summed E-state index contributed by atoms with van der Waals surface area (Å²) in [5, 5.41) is 12.1. The van der Waals surface area contributed by atoms with E-state index < -0.39 is 5.60 Å². The molecule has 2 rings (SSSR count). The predicted molar refractivity (Wildman–Crippen MR) is 121 cm³/mol. The molecule has 152 valence electrons. The fraction of sp³-hybridized carbons (Fsp3) is 0.480. The normalized spacial score (nSPS) is 14.3. The summed E-state index contributed by atoms with van der Waals surface area (Å²) in [4.78, 5) is 6.73. The maximum absolute atomic E-state index is 12.1. The molecule has 0 saturated heterocycles. The number of aliphatic hydroxyl groups is 1. The van der Waals surface area contributed by atoms with E-state index in [2.05, 4.69) is 94.8 Å². The second-order valence-electron chi connectivity index (χ2n) is 8.79. The molecule has 3 nitrogen and oxygen atoms in total. The minimum Gasteiger partial charge on any atom is -0.380 e. The summed E-state index contributed by atoms with van der Waals surface area (Å²) in [7, 11) is 2.02. The summed E-state index contributed by atoms with van der Waals surface area (Å²) in [6, 6.07) is 12.5. The minimum absolute atomic E-state index is 0.369. The lowest BCUT2D eigenvalue weighted by Gasteiger charge is -2.42. The van der Waals surface area contributed by atoms with E-state index >= 15 is 0 Å². The second kappa shape index (κ2) is 8.48. The van der Waals surface area contributed by atoms with E-state index in [1.54, 1.807) is 0 Å². The molecule has 0 bridgehead atoms. The van der Waals surface area contributed by atoms with E-state index in [0.717, 1.165) is 40.9 Å². The number of benzene rings is 2. The van der Waals surface area contributed by atoms with Crippen molar-refractivity contribution >= 4 is 12.0 Å². The van der Waals surface area contributed by atoms with Gasteiger partial charge in [-0.3, -0.25) is 0 Å². The molecule has 1 unspecified atom stereocenters. The van der Waals surface area contributed by atoms with Crippen LogP contribution in [0.5, 0.6) is 0 Å².